The fourth-order valence-electron chi connectivity index (χ4n) is 0.806. The first-order chi connectivity index (χ1) is 4.84. The molecule has 0 aromatic carbocycles. The number of hydrogen-bond donors (Lipinski definition) is 1. The molecule has 0 unspecified atom stereocenters. The van der Waals surface area contributed by atoms with Crippen LogP contribution in [0, 0.1) is 0 Å². The molecule has 3 nitrogen and oxygen atoms in total. The fraction of sp³-hybridized carbons (Fsp3) is 0.375. The summed E-state index contributed by atoms with van der Waals surface area (Å²) in [6, 6.07) is 5.89. The number of hydrogen-bond acceptors (Lipinski definition) is 2. The Balaban J connectivity index is -0.000000333. The number of nitrogens with zero attached hydrogens (tertiary/aromatic N) is 1. The minimum atomic E-state index is 0. The molecular formula is C8H16I2N2O. The van der Waals surface area contributed by atoms with Crippen LogP contribution >= 0.6 is 24.0 Å². The minimum absolute atomic E-state index is 0. The summed E-state index contributed by atoms with van der Waals surface area (Å²) in [6.07, 6.45) is 1.96. The van der Waals surface area contributed by atoms with Crippen LogP contribution in [-0.2, 0) is 7.05 Å². The van der Waals surface area contributed by atoms with Gasteiger partial charge in [0.2, 0.25) is 0 Å². The monoisotopic (exact) mass is 410 g/mol. The molecule has 0 bridgehead atoms. The Hall–Kier alpha value is 0.370. The van der Waals surface area contributed by atoms with E-state index in [9.17, 15) is 0 Å². The topological polar surface area (TPSA) is 48.1 Å². The van der Waals surface area contributed by atoms with Crippen molar-refractivity contribution in [1.29, 1.82) is 0 Å². The molecule has 13 heavy (non-hydrogen) atoms. The van der Waals surface area contributed by atoms with Crippen LogP contribution in [0.1, 0.15) is 6.92 Å². The Labute approximate surface area is 113 Å². The Kier molecular flexibility index (Phi) is 15.3. The lowest BCUT2D eigenvalue weighted by molar-refractivity contribution is -0.677. The second kappa shape index (κ2) is 10.5. The maximum atomic E-state index is 5.30. The van der Waals surface area contributed by atoms with Crippen molar-refractivity contribution in [3.8, 4) is 5.88 Å². The highest BCUT2D eigenvalue weighted by atomic mass is 127. The highest BCUT2D eigenvalue weighted by molar-refractivity contribution is 14.0. The lowest BCUT2D eigenvalue weighted by Crippen LogP contribution is -3.00. The van der Waals surface area contributed by atoms with Gasteiger partial charge in [-0.15, -0.1) is 24.0 Å². The molecule has 1 heterocycles. The van der Waals surface area contributed by atoms with Crippen LogP contribution in [-0.4, -0.2) is 6.61 Å². The SMILES string of the molecule is CCOc1cccc[n+]1C.I.N.[I-]. The van der Waals surface area contributed by atoms with Crippen molar-refractivity contribution in [2.24, 2.45) is 7.05 Å². The van der Waals surface area contributed by atoms with E-state index < -0.39 is 0 Å². The molecule has 5 heteroatoms. The molecule has 1 aromatic heterocycles. The van der Waals surface area contributed by atoms with E-state index in [0.717, 1.165) is 12.5 Å². The average Bonchev–Trinajstić information content (AvgIpc) is 1.94. The van der Waals surface area contributed by atoms with Crippen molar-refractivity contribution >= 4 is 24.0 Å². The molecule has 0 spiro atoms. The van der Waals surface area contributed by atoms with E-state index in [0.29, 0.717) is 0 Å². The third-order valence-corrected chi connectivity index (χ3v) is 1.30. The normalized spacial score (nSPS) is 7.23. The van der Waals surface area contributed by atoms with Gasteiger partial charge in [-0.2, -0.15) is 4.57 Å². The van der Waals surface area contributed by atoms with Crippen LogP contribution in [0.2, 0.25) is 0 Å². The first-order valence-corrected chi connectivity index (χ1v) is 3.42. The van der Waals surface area contributed by atoms with Gasteiger partial charge < -0.3 is 34.9 Å². The largest absolute Gasteiger partial charge is 1.00 e. The summed E-state index contributed by atoms with van der Waals surface area (Å²) in [4.78, 5) is 0. The Bertz CT molecular complexity index is 221. The van der Waals surface area contributed by atoms with E-state index in [1.54, 1.807) is 0 Å². The first-order valence-electron chi connectivity index (χ1n) is 3.42. The van der Waals surface area contributed by atoms with Crippen molar-refractivity contribution in [3.05, 3.63) is 24.4 Å². The second-order valence-electron chi connectivity index (χ2n) is 2.08. The zero-order valence-electron chi connectivity index (χ0n) is 7.87. The summed E-state index contributed by atoms with van der Waals surface area (Å²) in [6.45, 7) is 2.70. The third-order valence-electron chi connectivity index (χ3n) is 1.30. The molecule has 3 N–H and O–H groups in total. The predicted octanol–water partition coefficient (Wildman–Crippen LogP) is -1.31. The highest BCUT2D eigenvalue weighted by Gasteiger charge is 2.01. The maximum Gasteiger partial charge on any atom is 0.367 e. The molecule has 78 valence electrons. The van der Waals surface area contributed by atoms with Gasteiger partial charge in [0, 0.05) is 6.07 Å². The Morgan fingerprint density at radius 2 is 2.00 bits per heavy atom. The number of aryl methyl sites for hydroxylation is 1. The smallest absolute Gasteiger partial charge is 0.367 e. The second-order valence-corrected chi connectivity index (χ2v) is 2.08. The van der Waals surface area contributed by atoms with Gasteiger partial charge in [0.05, 0.1) is 12.7 Å². The van der Waals surface area contributed by atoms with Crippen molar-refractivity contribution in [2.75, 3.05) is 6.61 Å². The van der Waals surface area contributed by atoms with Crippen molar-refractivity contribution in [2.45, 2.75) is 6.92 Å². The van der Waals surface area contributed by atoms with Crippen LogP contribution in [0.3, 0.4) is 0 Å². The summed E-state index contributed by atoms with van der Waals surface area (Å²) in [5.74, 6) is 0.907. The molecule has 0 atom stereocenters. The molecule has 0 fully saturated rings. The van der Waals surface area contributed by atoms with Gasteiger partial charge in [-0.05, 0) is 13.0 Å². The molecule has 0 saturated carbocycles. The van der Waals surface area contributed by atoms with Gasteiger partial charge in [-0.25, -0.2) is 0 Å². The molecular weight excluding hydrogens is 394 g/mol. The molecule has 1 aromatic rings. The van der Waals surface area contributed by atoms with E-state index in [4.69, 9.17) is 4.74 Å². The summed E-state index contributed by atoms with van der Waals surface area (Å²) in [7, 11) is 1.96. The van der Waals surface area contributed by atoms with Gasteiger partial charge in [0.15, 0.2) is 6.20 Å². The van der Waals surface area contributed by atoms with Crippen molar-refractivity contribution in [1.82, 2.24) is 6.15 Å². The van der Waals surface area contributed by atoms with Crippen molar-refractivity contribution < 1.29 is 33.3 Å². The Morgan fingerprint density at radius 3 is 2.46 bits per heavy atom. The van der Waals surface area contributed by atoms with Gasteiger partial charge in [0.1, 0.15) is 7.05 Å². The van der Waals surface area contributed by atoms with E-state index in [1.165, 1.54) is 0 Å². The third kappa shape index (κ3) is 6.44. The van der Waals surface area contributed by atoms with E-state index in [2.05, 4.69) is 0 Å². The average molecular weight is 410 g/mol. The minimum Gasteiger partial charge on any atom is -1.00 e. The summed E-state index contributed by atoms with van der Waals surface area (Å²) in [5.41, 5.74) is 0. The van der Waals surface area contributed by atoms with Crippen molar-refractivity contribution in [3.63, 3.8) is 0 Å². The number of aromatic nitrogens is 1. The van der Waals surface area contributed by atoms with Crippen LogP contribution in [0.5, 0.6) is 5.88 Å². The quantitative estimate of drug-likeness (QED) is 0.487. The maximum absolute atomic E-state index is 5.30. The standard InChI is InChI=1S/C8H12NO.2HI.H3N/c1-3-10-8-6-4-5-7-9(8)2;;;/h4-7H,3H2,1-2H3;2*1H;1H3/q+1;;;/p-1. The van der Waals surface area contributed by atoms with E-state index >= 15 is 0 Å². The number of pyridine rings is 1. The Morgan fingerprint density at radius 1 is 1.38 bits per heavy atom. The number of rotatable bonds is 2. The summed E-state index contributed by atoms with van der Waals surface area (Å²) >= 11 is 0. The molecule has 0 amide bonds. The van der Waals surface area contributed by atoms with Crippen LogP contribution in [0.4, 0.5) is 0 Å². The molecule has 0 saturated heterocycles. The summed E-state index contributed by atoms with van der Waals surface area (Å²) in [5, 5.41) is 0. The zero-order chi connectivity index (χ0) is 7.40. The summed E-state index contributed by atoms with van der Waals surface area (Å²) < 4.78 is 7.25. The molecule has 1 rings (SSSR count). The zero-order valence-corrected chi connectivity index (χ0v) is 12.4. The number of halogens is 2. The molecule has 0 radical (unpaired) electrons. The van der Waals surface area contributed by atoms with Gasteiger partial charge in [-0.3, -0.25) is 0 Å². The van der Waals surface area contributed by atoms with Crippen LogP contribution in [0.15, 0.2) is 24.4 Å². The van der Waals surface area contributed by atoms with Crippen LogP contribution < -0.4 is 39.4 Å². The predicted molar refractivity (Wildman–Crippen MR) is 59.2 cm³/mol. The lowest BCUT2D eigenvalue weighted by atomic mass is 10.5. The first kappa shape index (κ1) is 19.0. The van der Waals surface area contributed by atoms with Crippen LogP contribution in [0.25, 0.3) is 0 Å². The number of ether oxygens (including phenoxy) is 1. The lowest BCUT2D eigenvalue weighted by Gasteiger charge is -1.97. The fourth-order valence-corrected chi connectivity index (χ4v) is 0.806. The molecule has 0 aliphatic rings. The molecule has 0 aliphatic heterocycles. The van der Waals surface area contributed by atoms with Gasteiger partial charge in [0.25, 0.3) is 0 Å². The van der Waals surface area contributed by atoms with Gasteiger partial charge >= 0.3 is 5.88 Å². The van der Waals surface area contributed by atoms with E-state index in [-0.39, 0.29) is 54.1 Å². The highest BCUT2D eigenvalue weighted by Crippen LogP contribution is 1.98. The van der Waals surface area contributed by atoms with Gasteiger partial charge in [-0.1, -0.05) is 0 Å². The molecule has 0 aliphatic carbocycles. The van der Waals surface area contributed by atoms with E-state index in [1.807, 2.05) is 42.9 Å².